The molecule has 1 aliphatic rings. The number of halogens is 6. The fourth-order valence-corrected chi connectivity index (χ4v) is 3.38. The summed E-state index contributed by atoms with van der Waals surface area (Å²) in [5.41, 5.74) is 0.720. The molecule has 0 atom stereocenters. The lowest BCUT2D eigenvalue weighted by molar-refractivity contribution is -0.178. The number of alkyl halides is 5. The van der Waals surface area contributed by atoms with Gasteiger partial charge in [-0.05, 0) is 32.2 Å². The van der Waals surface area contributed by atoms with Crippen molar-refractivity contribution in [3.05, 3.63) is 35.5 Å². The summed E-state index contributed by atoms with van der Waals surface area (Å²) in [4.78, 5) is 14.5. The van der Waals surface area contributed by atoms with E-state index in [0.29, 0.717) is 10.9 Å². The SMILES string of the molecule is CSc1ncc(CC(F)(F)Oc2ccnc(C(F)(F)F)n2)c(C2CCNCC2)n1.Cl. The summed E-state index contributed by atoms with van der Waals surface area (Å²) in [5, 5.41) is 3.67. The summed E-state index contributed by atoms with van der Waals surface area (Å²) in [6, 6.07) is 0.851. The second-order valence-electron chi connectivity index (χ2n) is 6.42. The number of rotatable bonds is 6. The van der Waals surface area contributed by atoms with Crippen LogP contribution in [-0.2, 0) is 12.6 Å². The van der Waals surface area contributed by atoms with Crippen molar-refractivity contribution in [3.63, 3.8) is 0 Å². The van der Waals surface area contributed by atoms with Crippen LogP contribution in [0.15, 0.2) is 23.6 Å². The van der Waals surface area contributed by atoms with Crippen molar-refractivity contribution < 1.29 is 26.7 Å². The summed E-state index contributed by atoms with van der Waals surface area (Å²) < 4.78 is 71.6. The third kappa shape index (κ3) is 6.35. The maximum atomic E-state index is 14.5. The summed E-state index contributed by atoms with van der Waals surface area (Å²) >= 11 is 1.30. The van der Waals surface area contributed by atoms with E-state index >= 15 is 0 Å². The summed E-state index contributed by atoms with van der Waals surface area (Å²) in [7, 11) is 0. The van der Waals surface area contributed by atoms with Crippen LogP contribution in [-0.4, -0.2) is 45.4 Å². The first-order valence-electron chi connectivity index (χ1n) is 8.75. The van der Waals surface area contributed by atoms with Gasteiger partial charge in [-0.15, -0.1) is 12.4 Å². The Morgan fingerprint density at radius 1 is 1.13 bits per heavy atom. The first-order valence-corrected chi connectivity index (χ1v) is 9.98. The number of piperidine rings is 1. The number of thioether (sulfide) groups is 1. The molecule has 30 heavy (non-hydrogen) atoms. The quantitative estimate of drug-likeness (QED) is 0.386. The molecule has 1 fully saturated rings. The van der Waals surface area contributed by atoms with E-state index in [0.717, 1.165) is 38.2 Å². The molecule has 13 heteroatoms. The van der Waals surface area contributed by atoms with Gasteiger partial charge in [-0.25, -0.2) is 15.0 Å². The lowest BCUT2D eigenvalue weighted by Crippen LogP contribution is -2.31. The molecule has 0 aliphatic carbocycles. The molecule has 1 N–H and O–H groups in total. The molecule has 2 aromatic heterocycles. The van der Waals surface area contributed by atoms with E-state index in [1.165, 1.54) is 18.0 Å². The third-order valence-corrected chi connectivity index (χ3v) is 4.88. The van der Waals surface area contributed by atoms with Crippen molar-refractivity contribution in [2.24, 2.45) is 0 Å². The molecule has 3 heterocycles. The summed E-state index contributed by atoms with van der Waals surface area (Å²) in [6.45, 7) is 1.49. The number of nitrogens with zero attached hydrogens (tertiary/aromatic N) is 4. The van der Waals surface area contributed by atoms with Gasteiger partial charge in [0.2, 0.25) is 11.7 Å². The van der Waals surface area contributed by atoms with E-state index in [1.807, 2.05) is 0 Å². The van der Waals surface area contributed by atoms with Crippen LogP contribution in [0.2, 0.25) is 0 Å². The number of hydrogen-bond acceptors (Lipinski definition) is 7. The van der Waals surface area contributed by atoms with Crippen molar-refractivity contribution in [2.45, 2.75) is 42.6 Å². The number of nitrogens with one attached hydrogen (secondary N) is 1. The predicted octanol–water partition coefficient (Wildman–Crippen LogP) is 4.11. The Kier molecular flexibility index (Phi) is 8.17. The predicted molar refractivity (Wildman–Crippen MR) is 102 cm³/mol. The van der Waals surface area contributed by atoms with Crippen LogP contribution in [0.4, 0.5) is 22.0 Å². The minimum Gasteiger partial charge on any atom is -0.414 e. The highest BCUT2D eigenvalue weighted by Crippen LogP contribution is 2.33. The van der Waals surface area contributed by atoms with Gasteiger partial charge in [0.1, 0.15) is 0 Å². The Balaban J connectivity index is 0.00000320. The van der Waals surface area contributed by atoms with Gasteiger partial charge >= 0.3 is 12.3 Å². The highest BCUT2D eigenvalue weighted by atomic mass is 35.5. The van der Waals surface area contributed by atoms with Crippen LogP contribution in [0.5, 0.6) is 5.88 Å². The van der Waals surface area contributed by atoms with E-state index in [-0.39, 0.29) is 23.9 Å². The maximum absolute atomic E-state index is 14.5. The Labute approximate surface area is 179 Å². The van der Waals surface area contributed by atoms with E-state index in [4.69, 9.17) is 0 Å². The zero-order valence-corrected chi connectivity index (χ0v) is 17.4. The van der Waals surface area contributed by atoms with Gasteiger partial charge in [0.25, 0.3) is 0 Å². The smallest absolute Gasteiger partial charge is 0.414 e. The number of ether oxygens (including phenoxy) is 1. The largest absolute Gasteiger partial charge is 0.451 e. The molecule has 0 radical (unpaired) electrons. The first kappa shape index (κ1) is 24.5. The molecule has 0 spiro atoms. The van der Waals surface area contributed by atoms with E-state index in [9.17, 15) is 22.0 Å². The highest BCUT2D eigenvalue weighted by molar-refractivity contribution is 7.98. The van der Waals surface area contributed by atoms with Crippen LogP contribution in [0, 0.1) is 0 Å². The van der Waals surface area contributed by atoms with Gasteiger partial charge in [0.05, 0.1) is 12.1 Å². The standard InChI is InChI=1S/C17H18F5N5OS.ClH/c1-29-15-25-9-11(13(27-15)10-2-5-23-6-3-10)8-16(18,19)28-12-4-7-24-14(26-12)17(20,21)22;/h4,7,9-10,23H,2-3,5-6,8H2,1H3;1H. The molecule has 3 rings (SSSR count). The van der Waals surface area contributed by atoms with E-state index in [2.05, 4.69) is 30.0 Å². The van der Waals surface area contributed by atoms with Crippen LogP contribution < -0.4 is 10.1 Å². The zero-order valence-electron chi connectivity index (χ0n) is 15.7. The van der Waals surface area contributed by atoms with Gasteiger partial charge in [0, 0.05) is 29.9 Å². The molecule has 0 aromatic carbocycles. The van der Waals surface area contributed by atoms with Crippen molar-refractivity contribution >= 4 is 24.2 Å². The summed E-state index contributed by atoms with van der Waals surface area (Å²) in [5.74, 6) is -2.41. The van der Waals surface area contributed by atoms with Gasteiger partial charge in [-0.2, -0.15) is 26.9 Å². The molecule has 0 unspecified atom stereocenters. The van der Waals surface area contributed by atoms with Crippen LogP contribution in [0.25, 0.3) is 0 Å². The Morgan fingerprint density at radius 2 is 1.83 bits per heavy atom. The minimum absolute atomic E-state index is 0. The maximum Gasteiger partial charge on any atom is 0.451 e. The molecule has 0 amide bonds. The van der Waals surface area contributed by atoms with Gasteiger partial charge in [-0.1, -0.05) is 11.8 Å². The second-order valence-corrected chi connectivity index (χ2v) is 7.20. The van der Waals surface area contributed by atoms with E-state index in [1.54, 1.807) is 6.26 Å². The fourth-order valence-electron chi connectivity index (χ4n) is 3.03. The molecule has 0 bridgehead atoms. The molecule has 2 aromatic rings. The molecule has 6 nitrogen and oxygen atoms in total. The molecule has 1 saturated heterocycles. The average Bonchev–Trinajstić information content (AvgIpc) is 2.68. The minimum atomic E-state index is -4.86. The van der Waals surface area contributed by atoms with Gasteiger partial charge in [0.15, 0.2) is 5.16 Å². The molecule has 166 valence electrons. The van der Waals surface area contributed by atoms with Crippen molar-refractivity contribution in [1.82, 2.24) is 25.3 Å². The monoisotopic (exact) mass is 471 g/mol. The van der Waals surface area contributed by atoms with Crippen molar-refractivity contribution in [2.75, 3.05) is 19.3 Å². The Hall–Kier alpha value is -1.79. The number of aromatic nitrogens is 4. The molecule has 0 saturated carbocycles. The van der Waals surface area contributed by atoms with Crippen molar-refractivity contribution in [1.29, 1.82) is 0 Å². The lowest BCUT2D eigenvalue weighted by Gasteiger charge is -2.25. The lowest BCUT2D eigenvalue weighted by atomic mass is 9.91. The Bertz CT molecular complexity index is 852. The normalized spacial score (nSPS) is 15.5. The molecule has 1 aliphatic heterocycles. The first-order chi connectivity index (χ1) is 13.7. The topological polar surface area (TPSA) is 72.8 Å². The summed E-state index contributed by atoms with van der Waals surface area (Å²) in [6.07, 6.45) is -4.23. The van der Waals surface area contributed by atoms with Crippen LogP contribution in [0.3, 0.4) is 0 Å². The zero-order chi connectivity index (χ0) is 21.1. The number of hydrogen-bond donors (Lipinski definition) is 1. The van der Waals surface area contributed by atoms with Gasteiger partial charge in [-0.3, -0.25) is 0 Å². The molecular weight excluding hydrogens is 453 g/mol. The third-order valence-electron chi connectivity index (χ3n) is 4.32. The van der Waals surface area contributed by atoms with Crippen LogP contribution in [0.1, 0.15) is 35.8 Å². The highest BCUT2D eigenvalue weighted by Gasteiger charge is 2.38. The van der Waals surface area contributed by atoms with Gasteiger partial charge < -0.3 is 10.1 Å². The van der Waals surface area contributed by atoms with E-state index < -0.39 is 30.4 Å². The molecular formula is C17H19ClF5N5OS. The Morgan fingerprint density at radius 3 is 2.47 bits per heavy atom. The van der Waals surface area contributed by atoms with Crippen LogP contribution >= 0.6 is 24.2 Å². The van der Waals surface area contributed by atoms with Crippen molar-refractivity contribution in [3.8, 4) is 5.88 Å². The fraction of sp³-hybridized carbons (Fsp3) is 0.529. The average molecular weight is 472 g/mol. The second kappa shape index (κ2) is 10.0.